The van der Waals surface area contributed by atoms with Gasteiger partial charge in [-0.25, -0.2) is 0 Å². The second kappa shape index (κ2) is 6.77. The lowest BCUT2D eigenvalue weighted by molar-refractivity contribution is -0.131. The maximum atomic E-state index is 14.5. The van der Waals surface area contributed by atoms with Gasteiger partial charge in [0.25, 0.3) is 5.91 Å². The zero-order chi connectivity index (χ0) is 22.1. The van der Waals surface area contributed by atoms with Crippen molar-refractivity contribution in [2.45, 2.75) is 11.5 Å². The zero-order valence-corrected chi connectivity index (χ0v) is 19.1. The number of rotatable bonds is 1. The summed E-state index contributed by atoms with van der Waals surface area (Å²) in [7, 11) is 1.94. The number of benzene rings is 3. The molecule has 3 aromatic rings. The number of carbonyl (C=O) groups excluding carboxylic acids is 2. The number of halogens is 1. The fraction of sp³-hybridized carbons (Fsp3) is 0.231. The van der Waals surface area contributed by atoms with Crippen LogP contribution in [-0.4, -0.2) is 36.8 Å². The summed E-state index contributed by atoms with van der Waals surface area (Å²) >= 11 is 3.70. The Morgan fingerprint density at radius 2 is 1.72 bits per heavy atom. The molecule has 6 heteroatoms. The molecule has 0 aromatic heterocycles. The van der Waals surface area contributed by atoms with Crippen molar-refractivity contribution < 1.29 is 14.3 Å². The minimum Gasteiger partial charge on any atom is -0.492 e. The van der Waals surface area contributed by atoms with Crippen LogP contribution in [0.5, 0.6) is 5.75 Å². The second-order valence-electron chi connectivity index (χ2n) is 8.75. The third-order valence-corrected chi connectivity index (χ3v) is 8.16. The molecule has 3 aliphatic heterocycles. The Morgan fingerprint density at radius 3 is 2.56 bits per heavy atom. The molecule has 3 heterocycles. The number of carbonyl (C=O) groups is 2. The van der Waals surface area contributed by atoms with E-state index in [2.05, 4.69) is 21.2 Å². The summed E-state index contributed by atoms with van der Waals surface area (Å²) in [6.07, 6.45) is 0. The van der Waals surface area contributed by atoms with Gasteiger partial charge in [0, 0.05) is 28.2 Å². The SMILES string of the molecule is CN1C[C@H](c2ccccc2Br)[C@]2(COc3ccccc3C2=O)[C@]12C(=O)Nc1ccccc12. The van der Waals surface area contributed by atoms with E-state index >= 15 is 0 Å². The van der Waals surface area contributed by atoms with E-state index in [1.165, 1.54) is 0 Å². The van der Waals surface area contributed by atoms with Crippen LogP contribution in [0.2, 0.25) is 0 Å². The predicted molar refractivity (Wildman–Crippen MR) is 125 cm³/mol. The Morgan fingerprint density at radius 1 is 1.00 bits per heavy atom. The third kappa shape index (κ3) is 2.21. The van der Waals surface area contributed by atoms with E-state index in [1.54, 1.807) is 6.07 Å². The number of hydrogen-bond acceptors (Lipinski definition) is 4. The standard InChI is InChI=1S/C26H21BrN2O3/c1-29-14-19(16-8-2-5-11-20(16)27)25(15-32-22-13-7-3-9-17(22)23(25)30)26(29)18-10-4-6-12-21(18)28-24(26)31/h2-13,19H,14-15H2,1H3,(H,28,31)/t19-,25+,26+/m1/s1. The predicted octanol–water partition coefficient (Wildman–Crippen LogP) is 4.59. The summed E-state index contributed by atoms with van der Waals surface area (Å²) in [5.41, 5.74) is 0.819. The molecule has 160 valence electrons. The second-order valence-corrected chi connectivity index (χ2v) is 9.60. The third-order valence-electron chi connectivity index (χ3n) is 7.44. The highest BCUT2D eigenvalue weighted by Crippen LogP contribution is 2.64. The number of ether oxygens (including phenoxy) is 1. The van der Waals surface area contributed by atoms with Crippen LogP contribution in [-0.2, 0) is 10.3 Å². The minimum atomic E-state index is -1.17. The number of hydrogen-bond donors (Lipinski definition) is 1. The van der Waals surface area contributed by atoms with Crippen molar-refractivity contribution in [1.29, 1.82) is 0 Å². The Bertz CT molecular complexity index is 1290. The molecule has 0 bridgehead atoms. The Kier molecular flexibility index (Phi) is 4.17. The van der Waals surface area contributed by atoms with Gasteiger partial charge in [0.2, 0.25) is 0 Å². The fourth-order valence-corrected chi connectivity index (χ4v) is 6.71. The molecule has 0 saturated carbocycles. The first kappa shape index (κ1) is 19.7. The molecule has 0 radical (unpaired) electrons. The summed E-state index contributed by atoms with van der Waals surface area (Å²) < 4.78 is 7.20. The highest BCUT2D eigenvalue weighted by molar-refractivity contribution is 9.10. The molecule has 3 aliphatic rings. The first-order valence-electron chi connectivity index (χ1n) is 10.6. The number of nitrogens with zero attached hydrogens (tertiary/aromatic N) is 1. The summed E-state index contributed by atoms with van der Waals surface area (Å²) in [6, 6.07) is 23.0. The number of nitrogens with one attached hydrogen (secondary N) is 1. The Balaban J connectivity index is 1.69. The normalized spacial score (nSPS) is 28.5. The maximum absolute atomic E-state index is 14.5. The number of likely N-dealkylation sites (tertiary alicyclic amines) is 1. The highest BCUT2D eigenvalue weighted by atomic mass is 79.9. The van der Waals surface area contributed by atoms with Crippen molar-refractivity contribution in [2.75, 3.05) is 25.5 Å². The lowest BCUT2D eigenvalue weighted by Crippen LogP contribution is -2.62. The molecule has 5 nitrogen and oxygen atoms in total. The van der Waals surface area contributed by atoms with Crippen molar-refractivity contribution >= 4 is 33.3 Å². The average Bonchev–Trinajstić information content (AvgIpc) is 3.25. The number of Topliss-reactive ketones (excluding diaryl/α,β-unsaturated/α-hetero) is 1. The maximum Gasteiger partial charge on any atom is 0.250 e. The molecule has 2 spiro atoms. The Labute approximate surface area is 194 Å². The largest absolute Gasteiger partial charge is 0.492 e. The van der Waals surface area contributed by atoms with E-state index in [1.807, 2.05) is 78.7 Å². The van der Waals surface area contributed by atoms with Gasteiger partial charge in [-0.2, -0.15) is 0 Å². The summed E-state index contributed by atoms with van der Waals surface area (Å²) in [4.78, 5) is 30.4. The molecule has 6 rings (SSSR count). The van der Waals surface area contributed by atoms with Crippen molar-refractivity contribution in [3.05, 3.63) is 94.0 Å². The smallest absolute Gasteiger partial charge is 0.250 e. The summed E-state index contributed by atoms with van der Waals surface area (Å²) in [5.74, 6) is 0.106. The van der Waals surface area contributed by atoms with Crippen LogP contribution >= 0.6 is 15.9 Å². The zero-order valence-electron chi connectivity index (χ0n) is 17.5. The molecule has 0 unspecified atom stereocenters. The van der Waals surface area contributed by atoms with Crippen molar-refractivity contribution in [2.24, 2.45) is 5.41 Å². The molecule has 1 N–H and O–H groups in total. The minimum absolute atomic E-state index is 0.0451. The van der Waals surface area contributed by atoms with E-state index in [0.29, 0.717) is 17.9 Å². The molecule has 1 fully saturated rings. The molecule has 1 amide bonds. The number of amides is 1. The van der Waals surface area contributed by atoms with E-state index < -0.39 is 11.0 Å². The van der Waals surface area contributed by atoms with E-state index in [4.69, 9.17) is 4.74 Å². The van der Waals surface area contributed by atoms with E-state index in [9.17, 15) is 9.59 Å². The van der Waals surface area contributed by atoms with Crippen molar-refractivity contribution in [3.63, 3.8) is 0 Å². The van der Waals surface area contributed by atoms with Crippen LogP contribution in [0.15, 0.2) is 77.3 Å². The van der Waals surface area contributed by atoms with Gasteiger partial charge in [-0.05, 0) is 36.9 Å². The Hall–Kier alpha value is -2.96. The molecule has 0 aliphatic carbocycles. The van der Waals surface area contributed by atoms with Crippen LogP contribution in [0.25, 0.3) is 0 Å². The summed E-state index contributed by atoms with van der Waals surface area (Å²) in [6.45, 7) is 0.669. The molecule has 32 heavy (non-hydrogen) atoms. The van der Waals surface area contributed by atoms with Crippen LogP contribution in [0.3, 0.4) is 0 Å². The molecular formula is C26H21BrN2O3. The van der Waals surface area contributed by atoms with Crippen molar-refractivity contribution in [1.82, 2.24) is 4.90 Å². The van der Waals surface area contributed by atoms with Crippen molar-refractivity contribution in [3.8, 4) is 5.75 Å². The van der Waals surface area contributed by atoms with Gasteiger partial charge < -0.3 is 10.1 Å². The quantitative estimate of drug-likeness (QED) is 0.544. The van der Waals surface area contributed by atoms with Crippen LogP contribution < -0.4 is 10.1 Å². The first-order valence-corrected chi connectivity index (χ1v) is 11.4. The molecule has 1 saturated heterocycles. The molecule has 3 atom stereocenters. The van der Waals surface area contributed by atoms with Gasteiger partial charge in [-0.3, -0.25) is 14.5 Å². The van der Waals surface area contributed by atoms with E-state index in [-0.39, 0.29) is 24.2 Å². The van der Waals surface area contributed by atoms with Gasteiger partial charge in [0.05, 0.1) is 5.56 Å². The molecule has 3 aromatic carbocycles. The van der Waals surface area contributed by atoms with Gasteiger partial charge in [0.15, 0.2) is 5.78 Å². The highest BCUT2D eigenvalue weighted by Gasteiger charge is 2.75. The number of likely N-dealkylation sites (N-methyl/N-ethyl adjacent to an activating group) is 1. The molecular weight excluding hydrogens is 468 g/mol. The number of anilines is 1. The van der Waals surface area contributed by atoms with Crippen LogP contribution in [0.4, 0.5) is 5.69 Å². The lowest BCUT2D eigenvalue weighted by atomic mass is 9.57. The van der Waals surface area contributed by atoms with Crippen LogP contribution in [0.1, 0.15) is 27.4 Å². The average molecular weight is 489 g/mol. The van der Waals surface area contributed by atoms with E-state index in [0.717, 1.165) is 21.3 Å². The van der Waals surface area contributed by atoms with Crippen LogP contribution in [0, 0.1) is 5.41 Å². The number of ketones is 1. The van der Waals surface area contributed by atoms with Gasteiger partial charge in [-0.1, -0.05) is 64.5 Å². The number of fused-ring (bicyclic) bond motifs is 4. The van der Waals surface area contributed by atoms with Gasteiger partial charge in [0.1, 0.15) is 23.3 Å². The fourth-order valence-electron chi connectivity index (χ4n) is 6.15. The number of para-hydroxylation sites is 2. The van der Waals surface area contributed by atoms with Gasteiger partial charge in [-0.15, -0.1) is 0 Å². The first-order chi connectivity index (χ1) is 15.5. The summed E-state index contributed by atoms with van der Waals surface area (Å²) in [5, 5.41) is 3.06. The lowest BCUT2D eigenvalue weighted by Gasteiger charge is -2.47. The topological polar surface area (TPSA) is 58.6 Å². The van der Waals surface area contributed by atoms with Gasteiger partial charge >= 0.3 is 0 Å². The monoisotopic (exact) mass is 488 g/mol.